The standard InChI is InChI=1S/C13H19NO3S/c15-10-3-11-18(16,17)14-8-6-12-4-1-2-5-13(12)7-9-14/h1-2,4-5,15H,3,6-11H2. The third-order valence-corrected chi connectivity index (χ3v) is 5.29. The average molecular weight is 269 g/mol. The number of benzene rings is 1. The van der Waals surface area contributed by atoms with Crippen LogP contribution in [0.5, 0.6) is 0 Å². The molecule has 0 bridgehead atoms. The first-order valence-electron chi connectivity index (χ1n) is 6.29. The number of hydrogen-bond acceptors (Lipinski definition) is 3. The Morgan fingerprint density at radius 3 is 2.17 bits per heavy atom. The van der Waals surface area contributed by atoms with Crippen LogP contribution in [0.3, 0.4) is 0 Å². The molecular formula is C13H19NO3S. The van der Waals surface area contributed by atoms with Crippen molar-refractivity contribution in [2.45, 2.75) is 19.3 Å². The van der Waals surface area contributed by atoms with Crippen molar-refractivity contribution in [2.75, 3.05) is 25.4 Å². The van der Waals surface area contributed by atoms with E-state index in [1.165, 1.54) is 11.1 Å². The molecule has 0 aliphatic carbocycles. The SMILES string of the molecule is O=S(=O)(CCCO)N1CCc2ccccc2CC1. The van der Waals surface area contributed by atoms with Crippen molar-refractivity contribution >= 4 is 10.0 Å². The zero-order valence-electron chi connectivity index (χ0n) is 10.4. The molecule has 0 unspecified atom stereocenters. The van der Waals surface area contributed by atoms with E-state index in [0.717, 1.165) is 12.8 Å². The predicted octanol–water partition coefficient (Wildman–Crippen LogP) is 0.799. The minimum atomic E-state index is -3.21. The molecule has 1 aromatic rings. The van der Waals surface area contributed by atoms with Gasteiger partial charge >= 0.3 is 0 Å². The second-order valence-electron chi connectivity index (χ2n) is 4.56. The average Bonchev–Trinajstić information content (AvgIpc) is 2.59. The number of fused-ring (bicyclic) bond motifs is 1. The third kappa shape index (κ3) is 3.10. The van der Waals surface area contributed by atoms with Crippen molar-refractivity contribution in [1.82, 2.24) is 4.31 Å². The van der Waals surface area contributed by atoms with Gasteiger partial charge in [-0.15, -0.1) is 0 Å². The molecule has 18 heavy (non-hydrogen) atoms. The maximum Gasteiger partial charge on any atom is 0.214 e. The minimum absolute atomic E-state index is 0.0415. The van der Waals surface area contributed by atoms with Crippen LogP contribution in [0.4, 0.5) is 0 Å². The summed E-state index contributed by atoms with van der Waals surface area (Å²) in [4.78, 5) is 0. The third-order valence-electron chi connectivity index (χ3n) is 3.33. The van der Waals surface area contributed by atoms with E-state index in [0.29, 0.717) is 19.5 Å². The highest BCUT2D eigenvalue weighted by molar-refractivity contribution is 7.89. The fourth-order valence-corrected chi connectivity index (χ4v) is 3.79. The van der Waals surface area contributed by atoms with Crippen LogP contribution in [-0.4, -0.2) is 43.3 Å². The maximum absolute atomic E-state index is 12.1. The Hall–Kier alpha value is -0.910. The van der Waals surface area contributed by atoms with Crippen molar-refractivity contribution in [3.05, 3.63) is 35.4 Å². The first-order chi connectivity index (χ1) is 8.63. The molecule has 0 atom stereocenters. The summed E-state index contributed by atoms with van der Waals surface area (Å²) in [5.74, 6) is 0.0415. The number of aliphatic hydroxyl groups is 1. The van der Waals surface area contributed by atoms with Gasteiger partial charge < -0.3 is 5.11 Å². The monoisotopic (exact) mass is 269 g/mol. The van der Waals surface area contributed by atoms with Crippen LogP contribution in [0.15, 0.2) is 24.3 Å². The summed E-state index contributed by atoms with van der Waals surface area (Å²) in [5, 5.41) is 8.74. The molecule has 0 saturated heterocycles. The maximum atomic E-state index is 12.1. The molecule has 1 aliphatic rings. The highest BCUT2D eigenvalue weighted by atomic mass is 32.2. The first-order valence-corrected chi connectivity index (χ1v) is 7.90. The lowest BCUT2D eigenvalue weighted by atomic mass is 10.0. The molecular weight excluding hydrogens is 250 g/mol. The van der Waals surface area contributed by atoms with Crippen molar-refractivity contribution in [2.24, 2.45) is 0 Å². The largest absolute Gasteiger partial charge is 0.396 e. The summed E-state index contributed by atoms with van der Waals surface area (Å²) in [6.07, 6.45) is 1.86. The lowest BCUT2D eigenvalue weighted by Gasteiger charge is -2.19. The van der Waals surface area contributed by atoms with E-state index in [1.54, 1.807) is 4.31 Å². The summed E-state index contributed by atoms with van der Waals surface area (Å²) in [6, 6.07) is 8.13. The second kappa shape index (κ2) is 5.82. The van der Waals surface area contributed by atoms with E-state index < -0.39 is 10.0 Å². The van der Waals surface area contributed by atoms with Crippen molar-refractivity contribution in [1.29, 1.82) is 0 Å². The van der Waals surface area contributed by atoms with Crippen LogP contribution in [0.25, 0.3) is 0 Å². The van der Waals surface area contributed by atoms with Gasteiger partial charge in [-0.1, -0.05) is 24.3 Å². The number of rotatable bonds is 4. The lowest BCUT2D eigenvalue weighted by Crippen LogP contribution is -2.35. The van der Waals surface area contributed by atoms with Gasteiger partial charge in [-0.05, 0) is 30.4 Å². The molecule has 0 amide bonds. The van der Waals surface area contributed by atoms with E-state index >= 15 is 0 Å². The van der Waals surface area contributed by atoms with Crippen LogP contribution in [0, 0.1) is 0 Å². The van der Waals surface area contributed by atoms with E-state index in [-0.39, 0.29) is 12.4 Å². The lowest BCUT2D eigenvalue weighted by molar-refractivity contribution is 0.294. The molecule has 1 N–H and O–H groups in total. The number of hydrogen-bond donors (Lipinski definition) is 1. The molecule has 0 fully saturated rings. The second-order valence-corrected chi connectivity index (χ2v) is 6.65. The van der Waals surface area contributed by atoms with Gasteiger partial charge in [0.1, 0.15) is 0 Å². The molecule has 5 heteroatoms. The minimum Gasteiger partial charge on any atom is -0.396 e. The summed E-state index contributed by atoms with van der Waals surface area (Å²) in [7, 11) is -3.21. The van der Waals surface area contributed by atoms with E-state index in [4.69, 9.17) is 5.11 Å². The van der Waals surface area contributed by atoms with Gasteiger partial charge in [-0.2, -0.15) is 0 Å². The fraction of sp³-hybridized carbons (Fsp3) is 0.538. The van der Waals surface area contributed by atoms with E-state index in [1.807, 2.05) is 12.1 Å². The molecule has 0 spiro atoms. The Kier molecular flexibility index (Phi) is 4.37. The smallest absolute Gasteiger partial charge is 0.214 e. The van der Waals surface area contributed by atoms with Gasteiger partial charge in [-0.25, -0.2) is 12.7 Å². The van der Waals surface area contributed by atoms with Gasteiger partial charge in [0, 0.05) is 19.7 Å². The van der Waals surface area contributed by atoms with Crippen molar-refractivity contribution < 1.29 is 13.5 Å². The van der Waals surface area contributed by atoms with Crippen molar-refractivity contribution in [3.63, 3.8) is 0 Å². The molecule has 1 aromatic carbocycles. The summed E-state index contributed by atoms with van der Waals surface area (Å²) < 4.78 is 25.7. The number of nitrogens with zero attached hydrogens (tertiary/aromatic N) is 1. The van der Waals surface area contributed by atoms with Gasteiger partial charge in [0.05, 0.1) is 5.75 Å². The summed E-state index contributed by atoms with van der Waals surface area (Å²) in [6.45, 7) is 1.02. The molecule has 0 saturated carbocycles. The molecule has 100 valence electrons. The highest BCUT2D eigenvalue weighted by Gasteiger charge is 2.23. The van der Waals surface area contributed by atoms with Gasteiger partial charge in [-0.3, -0.25) is 0 Å². The normalized spacial score (nSPS) is 17.2. The Labute approximate surface area is 108 Å². The zero-order valence-corrected chi connectivity index (χ0v) is 11.2. The molecule has 2 rings (SSSR count). The predicted molar refractivity (Wildman–Crippen MR) is 70.9 cm³/mol. The molecule has 0 aromatic heterocycles. The van der Waals surface area contributed by atoms with Crippen LogP contribution in [-0.2, 0) is 22.9 Å². The number of sulfonamides is 1. The zero-order chi connectivity index (χ0) is 13.0. The quantitative estimate of drug-likeness (QED) is 0.879. The van der Waals surface area contributed by atoms with Gasteiger partial charge in [0.2, 0.25) is 10.0 Å². The first kappa shape index (κ1) is 13.5. The van der Waals surface area contributed by atoms with E-state index in [9.17, 15) is 8.42 Å². The Morgan fingerprint density at radius 2 is 1.67 bits per heavy atom. The molecule has 1 aliphatic heterocycles. The Morgan fingerprint density at radius 1 is 1.11 bits per heavy atom. The fourth-order valence-electron chi connectivity index (χ4n) is 2.30. The molecule has 4 nitrogen and oxygen atoms in total. The highest BCUT2D eigenvalue weighted by Crippen LogP contribution is 2.17. The Balaban J connectivity index is 2.08. The van der Waals surface area contributed by atoms with Crippen LogP contribution >= 0.6 is 0 Å². The molecule has 0 radical (unpaired) electrons. The van der Waals surface area contributed by atoms with Gasteiger partial charge in [0.25, 0.3) is 0 Å². The van der Waals surface area contributed by atoms with Gasteiger partial charge in [0.15, 0.2) is 0 Å². The van der Waals surface area contributed by atoms with E-state index in [2.05, 4.69) is 12.1 Å². The number of aliphatic hydroxyl groups excluding tert-OH is 1. The Bertz CT molecular complexity index is 472. The summed E-state index contributed by atoms with van der Waals surface area (Å²) in [5.41, 5.74) is 2.50. The topological polar surface area (TPSA) is 57.6 Å². The molecule has 1 heterocycles. The van der Waals surface area contributed by atoms with Crippen LogP contribution in [0.2, 0.25) is 0 Å². The van der Waals surface area contributed by atoms with Crippen molar-refractivity contribution in [3.8, 4) is 0 Å². The van der Waals surface area contributed by atoms with Crippen LogP contribution < -0.4 is 0 Å². The van der Waals surface area contributed by atoms with Crippen LogP contribution in [0.1, 0.15) is 17.5 Å². The summed E-state index contributed by atoms with van der Waals surface area (Å²) >= 11 is 0.